The predicted molar refractivity (Wildman–Crippen MR) is 119 cm³/mol. The van der Waals surface area contributed by atoms with E-state index in [1.807, 2.05) is 6.08 Å². The molecule has 0 spiro atoms. The van der Waals surface area contributed by atoms with Gasteiger partial charge in [-0.25, -0.2) is 9.97 Å². The van der Waals surface area contributed by atoms with Crippen molar-refractivity contribution >= 4 is 28.5 Å². The third-order valence-corrected chi connectivity index (χ3v) is 5.90. The van der Waals surface area contributed by atoms with E-state index in [0.717, 1.165) is 48.5 Å². The molecule has 0 bridgehead atoms. The van der Waals surface area contributed by atoms with Crippen molar-refractivity contribution in [2.75, 3.05) is 12.4 Å². The third kappa shape index (κ3) is 4.10. The Morgan fingerprint density at radius 3 is 3.03 bits per heavy atom. The van der Waals surface area contributed by atoms with E-state index in [9.17, 15) is 0 Å². The van der Waals surface area contributed by atoms with Crippen molar-refractivity contribution in [1.82, 2.24) is 15.0 Å². The minimum atomic E-state index is 0.0343. The molecule has 29 heavy (non-hydrogen) atoms. The number of H-pyrrole nitrogens is 1. The maximum atomic E-state index is 6.52. The molecule has 2 aromatic heterocycles. The van der Waals surface area contributed by atoms with Crippen molar-refractivity contribution in [3.63, 3.8) is 0 Å². The lowest BCUT2D eigenvalue weighted by molar-refractivity contribution is 0.259. The van der Waals surface area contributed by atoms with Crippen LogP contribution < -0.4 is 5.32 Å². The predicted octanol–water partition coefficient (Wildman–Crippen LogP) is 5.90. The number of fused-ring (bicyclic) bond motifs is 1. The number of pyridine rings is 1. The molecule has 152 valence electrons. The summed E-state index contributed by atoms with van der Waals surface area (Å²) in [5.74, 6) is 2.34. The first kappa shape index (κ1) is 19.8. The first-order valence-corrected chi connectivity index (χ1v) is 10.5. The number of aromatic nitrogens is 3. The Bertz CT molecular complexity index is 1000. The Labute approximate surface area is 176 Å². The van der Waals surface area contributed by atoms with Crippen molar-refractivity contribution in [1.29, 1.82) is 0 Å². The van der Waals surface area contributed by atoms with Gasteiger partial charge in [0.15, 0.2) is 5.65 Å². The topological polar surface area (TPSA) is 62.8 Å². The number of rotatable bonds is 6. The van der Waals surface area contributed by atoms with Crippen LogP contribution in [-0.2, 0) is 4.74 Å². The molecule has 2 heterocycles. The summed E-state index contributed by atoms with van der Waals surface area (Å²) >= 11 is 6.52. The van der Waals surface area contributed by atoms with E-state index >= 15 is 0 Å². The van der Waals surface area contributed by atoms with Crippen molar-refractivity contribution in [3.05, 3.63) is 65.3 Å². The van der Waals surface area contributed by atoms with Gasteiger partial charge in [-0.3, -0.25) is 0 Å². The minimum absolute atomic E-state index is 0.0343. The summed E-state index contributed by atoms with van der Waals surface area (Å²) in [6, 6.07) is 0.346. The van der Waals surface area contributed by atoms with Crippen LogP contribution in [0.5, 0.6) is 0 Å². The molecule has 0 radical (unpaired) electrons. The molecule has 5 nitrogen and oxygen atoms in total. The summed E-state index contributed by atoms with van der Waals surface area (Å²) < 4.78 is 5.67. The van der Waals surface area contributed by atoms with Crippen LogP contribution in [-0.4, -0.2) is 28.1 Å². The van der Waals surface area contributed by atoms with E-state index in [0.29, 0.717) is 22.6 Å². The molecule has 0 aromatic carbocycles. The molecule has 0 saturated heterocycles. The van der Waals surface area contributed by atoms with Gasteiger partial charge in [0.25, 0.3) is 0 Å². The van der Waals surface area contributed by atoms with Crippen LogP contribution in [0, 0.1) is 5.92 Å². The maximum Gasteiger partial charge on any atom is 0.179 e. The van der Waals surface area contributed by atoms with Gasteiger partial charge in [0.2, 0.25) is 0 Å². The lowest BCUT2D eigenvalue weighted by Crippen LogP contribution is -2.24. The first-order valence-electron chi connectivity index (χ1n) is 10.1. The lowest BCUT2D eigenvalue weighted by atomic mass is 9.92. The highest BCUT2D eigenvalue weighted by molar-refractivity contribution is 6.34. The van der Waals surface area contributed by atoms with E-state index in [1.54, 1.807) is 13.3 Å². The maximum absolute atomic E-state index is 6.52. The number of hydrogen-bond acceptors (Lipinski definition) is 4. The molecule has 6 heteroatoms. The largest absolute Gasteiger partial charge is 0.500 e. The van der Waals surface area contributed by atoms with Crippen molar-refractivity contribution < 1.29 is 4.74 Å². The van der Waals surface area contributed by atoms with Gasteiger partial charge in [0.05, 0.1) is 29.9 Å². The Kier molecular flexibility index (Phi) is 5.76. The molecule has 2 aromatic rings. The standard InChI is InChI=1S/C23H27ClN4O/c1-4-6-15-9-10-17(19(12-15)29-3)22-27-21-20(18(24)13-25-23(21)28-22)26-16-8-5-7-14(2)11-16/h4-5,7,9,12-14,16-17H,1,6,8,10-11H2,2-3H3,(H2,25,26,27,28). The van der Waals surface area contributed by atoms with Crippen LogP contribution >= 0.6 is 11.6 Å². The molecule has 2 aliphatic carbocycles. The zero-order valence-corrected chi connectivity index (χ0v) is 17.7. The molecule has 3 unspecified atom stereocenters. The van der Waals surface area contributed by atoms with Gasteiger partial charge in [-0.15, -0.1) is 6.58 Å². The molecule has 0 saturated carbocycles. The number of halogens is 1. The molecule has 3 atom stereocenters. The molecule has 0 aliphatic heterocycles. The van der Waals surface area contributed by atoms with Crippen LogP contribution in [0.4, 0.5) is 5.69 Å². The van der Waals surface area contributed by atoms with Gasteiger partial charge < -0.3 is 15.0 Å². The average molecular weight is 411 g/mol. The van der Waals surface area contributed by atoms with Crippen molar-refractivity contribution in [2.24, 2.45) is 5.92 Å². The summed E-state index contributed by atoms with van der Waals surface area (Å²) in [4.78, 5) is 12.7. The second kappa shape index (κ2) is 8.46. The Morgan fingerprint density at radius 1 is 1.41 bits per heavy atom. The number of anilines is 1. The highest BCUT2D eigenvalue weighted by atomic mass is 35.5. The number of imidazole rings is 1. The summed E-state index contributed by atoms with van der Waals surface area (Å²) in [6.07, 6.45) is 16.1. The van der Waals surface area contributed by atoms with Gasteiger partial charge in [-0.2, -0.15) is 0 Å². The van der Waals surface area contributed by atoms with Crippen LogP contribution in [0.25, 0.3) is 11.2 Å². The molecule has 2 aliphatic rings. The quantitative estimate of drug-likeness (QED) is 0.582. The van der Waals surface area contributed by atoms with Gasteiger partial charge in [0, 0.05) is 6.04 Å². The van der Waals surface area contributed by atoms with Gasteiger partial charge in [-0.1, -0.05) is 42.8 Å². The zero-order chi connectivity index (χ0) is 20.4. The van der Waals surface area contributed by atoms with Crippen molar-refractivity contribution in [3.8, 4) is 0 Å². The minimum Gasteiger partial charge on any atom is -0.500 e. The number of ether oxygens (including phenoxy) is 1. The number of allylic oxidation sites excluding steroid dienone is 6. The molecular weight excluding hydrogens is 384 g/mol. The number of hydrogen-bond donors (Lipinski definition) is 2. The van der Waals surface area contributed by atoms with E-state index in [2.05, 4.69) is 53.1 Å². The van der Waals surface area contributed by atoms with E-state index in [1.165, 1.54) is 5.57 Å². The Morgan fingerprint density at radius 2 is 2.28 bits per heavy atom. The van der Waals surface area contributed by atoms with E-state index in [-0.39, 0.29) is 5.92 Å². The van der Waals surface area contributed by atoms with Crippen LogP contribution in [0.1, 0.15) is 44.3 Å². The monoisotopic (exact) mass is 410 g/mol. The van der Waals surface area contributed by atoms with Gasteiger partial charge in [-0.05, 0) is 43.3 Å². The molecule has 0 amide bonds. The van der Waals surface area contributed by atoms with Gasteiger partial charge >= 0.3 is 0 Å². The average Bonchev–Trinajstić information content (AvgIpc) is 3.15. The lowest BCUT2D eigenvalue weighted by Gasteiger charge is -2.25. The molecular formula is C23H27ClN4O. The Hall–Kier alpha value is -2.53. The van der Waals surface area contributed by atoms with Crippen LogP contribution in [0.3, 0.4) is 0 Å². The summed E-state index contributed by atoms with van der Waals surface area (Å²) in [6.45, 7) is 6.06. The normalized spacial score (nSPS) is 24.2. The fourth-order valence-electron chi connectivity index (χ4n) is 4.16. The fraction of sp³-hybridized carbons (Fsp3) is 0.391. The Balaban J connectivity index is 1.65. The second-order valence-electron chi connectivity index (χ2n) is 7.83. The van der Waals surface area contributed by atoms with Gasteiger partial charge in [0.1, 0.15) is 17.1 Å². The number of aromatic amines is 1. The molecule has 0 fully saturated rings. The molecule has 2 N–H and O–H groups in total. The highest BCUT2D eigenvalue weighted by Crippen LogP contribution is 2.36. The summed E-state index contributed by atoms with van der Waals surface area (Å²) in [7, 11) is 1.71. The number of nitrogens with one attached hydrogen (secondary N) is 2. The first-order chi connectivity index (χ1) is 14.1. The number of methoxy groups -OCH3 is 1. The fourth-order valence-corrected chi connectivity index (χ4v) is 4.36. The second-order valence-corrected chi connectivity index (χ2v) is 8.24. The number of nitrogens with zero attached hydrogens (tertiary/aromatic N) is 2. The van der Waals surface area contributed by atoms with E-state index < -0.39 is 0 Å². The zero-order valence-electron chi connectivity index (χ0n) is 16.9. The summed E-state index contributed by atoms with van der Waals surface area (Å²) in [5, 5.41) is 4.23. The van der Waals surface area contributed by atoms with Crippen LogP contribution in [0.2, 0.25) is 5.02 Å². The SMILES string of the molecule is C=CCC1=CCC(c2nc3ncc(Cl)c(NC4CC=CC(C)C4)c3[nH]2)C(OC)=C1. The summed E-state index contributed by atoms with van der Waals surface area (Å²) in [5.41, 5.74) is 3.62. The third-order valence-electron chi connectivity index (χ3n) is 5.61. The smallest absolute Gasteiger partial charge is 0.179 e. The van der Waals surface area contributed by atoms with Crippen molar-refractivity contribution in [2.45, 2.75) is 44.6 Å². The highest BCUT2D eigenvalue weighted by Gasteiger charge is 2.26. The van der Waals surface area contributed by atoms with E-state index in [4.69, 9.17) is 21.3 Å². The van der Waals surface area contributed by atoms with Crippen LogP contribution in [0.15, 0.2) is 54.5 Å². The molecule has 4 rings (SSSR count).